The lowest BCUT2D eigenvalue weighted by atomic mass is 9.85. The second-order valence-electron chi connectivity index (χ2n) is 10.9. The first-order valence-corrected chi connectivity index (χ1v) is 16.2. The standard InChI is InChI=1S/C29H39N5O5S/c1-38-23-12-16-33(17-13-23)28(35)21-7-9-22(10-8-21)31-29-30-15-11-27(32-29)34-18-14-24-25(34)5-3-6-26(24)39-19-4-20-40(2,36)37/h3,5-6,11,14-15,18,21-23H,4,7-10,12-13,16-17,19-20H2,1-2H3,(H,30,31,32)/t21-,22-. The minimum Gasteiger partial charge on any atom is -0.493 e. The van der Waals surface area contributed by atoms with E-state index >= 15 is 0 Å². The van der Waals surface area contributed by atoms with E-state index in [1.165, 1.54) is 6.26 Å². The summed E-state index contributed by atoms with van der Waals surface area (Å²) in [5.74, 6) is 2.52. The van der Waals surface area contributed by atoms with E-state index in [0.717, 1.165) is 68.3 Å². The Morgan fingerprint density at radius 1 is 1.07 bits per heavy atom. The van der Waals surface area contributed by atoms with Crippen molar-refractivity contribution in [3.8, 4) is 11.6 Å². The Morgan fingerprint density at radius 2 is 1.85 bits per heavy atom. The zero-order chi connectivity index (χ0) is 28.1. The third kappa shape index (κ3) is 6.93. The van der Waals surface area contributed by atoms with Gasteiger partial charge in [-0.05, 0) is 69.2 Å². The van der Waals surface area contributed by atoms with Crippen LogP contribution in [0.2, 0.25) is 0 Å². The van der Waals surface area contributed by atoms with Crippen molar-refractivity contribution in [1.82, 2.24) is 19.4 Å². The number of hydrogen-bond donors (Lipinski definition) is 1. The molecule has 2 aliphatic rings. The van der Waals surface area contributed by atoms with Crippen LogP contribution in [0, 0.1) is 5.92 Å². The third-order valence-corrected chi connectivity index (χ3v) is 9.02. The van der Waals surface area contributed by atoms with Gasteiger partial charge in [0, 0.05) is 56.2 Å². The molecule has 0 unspecified atom stereocenters. The number of sulfone groups is 1. The fourth-order valence-electron chi connectivity index (χ4n) is 5.76. The number of carbonyl (C=O) groups excluding carboxylic acids is 1. The molecule has 2 aromatic heterocycles. The number of rotatable bonds is 10. The molecule has 1 amide bonds. The van der Waals surface area contributed by atoms with Gasteiger partial charge in [0.15, 0.2) is 0 Å². The minimum atomic E-state index is -3.01. The van der Waals surface area contributed by atoms with Crippen LogP contribution < -0.4 is 10.1 Å². The molecule has 1 saturated carbocycles. The number of likely N-dealkylation sites (tertiary alicyclic amines) is 1. The topological polar surface area (TPSA) is 116 Å². The van der Waals surface area contributed by atoms with E-state index in [1.54, 1.807) is 13.3 Å². The summed E-state index contributed by atoms with van der Waals surface area (Å²) in [5, 5.41) is 4.43. The maximum atomic E-state index is 13.0. The van der Waals surface area contributed by atoms with Crippen molar-refractivity contribution in [2.24, 2.45) is 5.92 Å². The highest BCUT2D eigenvalue weighted by molar-refractivity contribution is 7.90. The Bertz CT molecular complexity index is 1410. The minimum absolute atomic E-state index is 0.0958. The number of benzene rings is 1. The molecule has 40 heavy (non-hydrogen) atoms. The van der Waals surface area contributed by atoms with Gasteiger partial charge < -0.3 is 24.3 Å². The molecule has 2 fully saturated rings. The number of nitrogens with zero attached hydrogens (tertiary/aromatic N) is 4. The largest absolute Gasteiger partial charge is 0.493 e. The molecule has 1 saturated heterocycles. The van der Waals surface area contributed by atoms with E-state index in [-0.39, 0.29) is 23.8 Å². The lowest BCUT2D eigenvalue weighted by Gasteiger charge is -2.36. The quantitative estimate of drug-likeness (QED) is 0.366. The van der Waals surface area contributed by atoms with Gasteiger partial charge in [-0.1, -0.05) is 6.07 Å². The van der Waals surface area contributed by atoms with Crippen molar-refractivity contribution in [3.63, 3.8) is 0 Å². The van der Waals surface area contributed by atoms with Gasteiger partial charge in [0.25, 0.3) is 0 Å². The Morgan fingerprint density at radius 3 is 2.58 bits per heavy atom. The molecule has 3 aromatic rings. The molecule has 216 valence electrons. The number of anilines is 1. The van der Waals surface area contributed by atoms with Gasteiger partial charge in [0.2, 0.25) is 11.9 Å². The highest BCUT2D eigenvalue weighted by atomic mass is 32.2. The predicted octanol–water partition coefficient (Wildman–Crippen LogP) is 3.84. The SMILES string of the molecule is COC1CCN(C(=O)[C@H]2CC[C@H](Nc3nccc(-n4ccc5c(OCCCS(C)(=O)=O)cccc54)n3)CC2)CC1. The van der Waals surface area contributed by atoms with Crippen LogP contribution >= 0.6 is 0 Å². The van der Waals surface area contributed by atoms with Crippen LogP contribution in [-0.4, -0.2) is 84.7 Å². The maximum Gasteiger partial charge on any atom is 0.225 e. The third-order valence-electron chi connectivity index (χ3n) is 7.99. The number of methoxy groups -OCH3 is 1. The van der Waals surface area contributed by atoms with Crippen LogP contribution in [0.15, 0.2) is 42.7 Å². The molecule has 0 spiro atoms. The Labute approximate surface area is 236 Å². The zero-order valence-corrected chi connectivity index (χ0v) is 24.1. The molecule has 3 heterocycles. The summed E-state index contributed by atoms with van der Waals surface area (Å²) in [6.07, 6.45) is 11.1. The molecule has 0 atom stereocenters. The average molecular weight is 570 g/mol. The molecule has 0 bridgehead atoms. The van der Waals surface area contributed by atoms with Gasteiger partial charge in [0.05, 0.1) is 24.0 Å². The molecule has 5 rings (SSSR count). The molecule has 1 aliphatic heterocycles. The number of piperidine rings is 1. The molecule has 1 aliphatic carbocycles. The zero-order valence-electron chi connectivity index (χ0n) is 23.3. The number of aromatic nitrogens is 3. The van der Waals surface area contributed by atoms with Crippen molar-refractivity contribution < 1.29 is 22.7 Å². The number of fused-ring (bicyclic) bond motifs is 1. The van der Waals surface area contributed by atoms with Crippen LogP contribution in [0.1, 0.15) is 44.9 Å². The van der Waals surface area contributed by atoms with Crippen LogP contribution in [-0.2, 0) is 19.4 Å². The highest BCUT2D eigenvalue weighted by Gasteiger charge is 2.31. The average Bonchev–Trinajstić information content (AvgIpc) is 3.40. The Hall–Kier alpha value is -3.18. The fourth-order valence-corrected chi connectivity index (χ4v) is 6.40. The van der Waals surface area contributed by atoms with E-state index in [0.29, 0.717) is 30.6 Å². The normalized spacial score (nSPS) is 20.5. The summed E-state index contributed by atoms with van der Waals surface area (Å²) in [5.41, 5.74) is 0.943. The van der Waals surface area contributed by atoms with E-state index < -0.39 is 9.84 Å². The van der Waals surface area contributed by atoms with Crippen molar-refractivity contribution in [1.29, 1.82) is 0 Å². The molecule has 0 radical (unpaired) electrons. The van der Waals surface area contributed by atoms with Gasteiger partial charge in [-0.3, -0.25) is 4.79 Å². The van der Waals surface area contributed by atoms with Crippen molar-refractivity contribution in [3.05, 3.63) is 42.7 Å². The van der Waals surface area contributed by atoms with Crippen LogP contribution in [0.5, 0.6) is 5.75 Å². The van der Waals surface area contributed by atoms with Gasteiger partial charge in [-0.25, -0.2) is 13.4 Å². The number of ether oxygens (including phenoxy) is 2. The maximum absolute atomic E-state index is 13.0. The van der Waals surface area contributed by atoms with Gasteiger partial charge in [0.1, 0.15) is 21.4 Å². The highest BCUT2D eigenvalue weighted by Crippen LogP contribution is 2.30. The van der Waals surface area contributed by atoms with Crippen LogP contribution in [0.4, 0.5) is 5.95 Å². The van der Waals surface area contributed by atoms with E-state index in [9.17, 15) is 13.2 Å². The van der Waals surface area contributed by atoms with E-state index in [2.05, 4.69) is 10.3 Å². The number of nitrogens with one attached hydrogen (secondary N) is 1. The smallest absolute Gasteiger partial charge is 0.225 e. The summed E-state index contributed by atoms with van der Waals surface area (Å²) in [6, 6.07) is 9.89. The number of amides is 1. The van der Waals surface area contributed by atoms with E-state index in [1.807, 2.05) is 46.0 Å². The van der Waals surface area contributed by atoms with E-state index in [4.69, 9.17) is 14.5 Å². The molecule has 10 nitrogen and oxygen atoms in total. The van der Waals surface area contributed by atoms with Gasteiger partial charge >= 0.3 is 0 Å². The summed E-state index contributed by atoms with van der Waals surface area (Å²) in [4.78, 5) is 24.3. The first kappa shape index (κ1) is 28.4. The number of carbonyl (C=O) groups is 1. The lowest BCUT2D eigenvalue weighted by Crippen LogP contribution is -2.44. The Balaban J connectivity index is 1.18. The summed E-state index contributed by atoms with van der Waals surface area (Å²) in [7, 11) is -1.26. The summed E-state index contributed by atoms with van der Waals surface area (Å²) in [6.45, 7) is 1.92. The van der Waals surface area contributed by atoms with Crippen molar-refractivity contribution in [2.45, 2.75) is 57.1 Å². The summed E-state index contributed by atoms with van der Waals surface area (Å²) < 4.78 is 36.1. The molecule has 1 aromatic carbocycles. The van der Waals surface area contributed by atoms with Crippen LogP contribution in [0.25, 0.3) is 16.7 Å². The molecule has 11 heteroatoms. The second-order valence-corrected chi connectivity index (χ2v) is 13.2. The predicted molar refractivity (Wildman–Crippen MR) is 155 cm³/mol. The fraction of sp³-hybridized carbons (Fsp3) is 0.552. The molecule has 1 N–H and O–H groups in total. The van der Waals surface area contributed by atoms with Crippen LogP contribution in [0.3, 0.4) is 0 Å². The first-order chi connectivity index (χ1) is 19.3. The van der Waals surface area contributed by atoms with Crippen molar-refractivity contribution in [2.75, 3.05) is 44.1 Å². The Kier molecular flexibility index (Phi) is 8.90. The van der Waals surface area contributed by atoms with Gasteiger partial charge in [-0.15, -0.1) is 0 Å². The number of hydrogen-bond acceptors (Lipinski definition) is 8. The monoisotopic (exact) mass is 569 g/mol. The van der Waals surface area contributed by atoms with Crippen molar-refractivity contribution >= 4 is 32.6 Å². The lowest BCUT2D eigenvalue weighted by molar-refractivity contribution is -0.138. The second kappa shape index (κ2) is 12.6. The molecular weight excluding hydrogens is 530 g/mol. The first-order valence-electron chi connectivity index (χ1n) is 14.1. The molecular formula is C29H39N5O5S. The summed E-state index contributed by atoms with van der Waals surface area (Å²) >= 11 is 0. The van der Waals surface area contributed by atoms with Gasteiger partial charge in [-0.2, -0.15) is 4.98 Å².